The van der Waals surface area contributed by atoms with Crippen LogP contribution in [0, 0.1) is 24.1 Å². The standard InChI is InChI=1S/C22H17BrClFN6/c1-12-22(28-11-30(12)2)31(3)15-7-16-20(29-14-4-5-19(25)18(24)6-14)13(9-26)10-27-21(16)17(23)8-15/h4-8,10-11H,1-3H3,(H,27,29). The maximum atomic E-state index is 13.6. The molecule has 2 heterocycles. The molecule has 0 spiro atoms. The maximum absolute atomic E-state index is 13.6. The molecule has 4 aromatic rings. The molecule has 0 saturated carbocycles. The number of halogens is 3. The first-order valence-corrected chi connectivity index (χ1v) is 10.4. The van der Waals surface area contributed by atoms with Gasteiger partial charge in [0.15, 0.2) is 5.82 Å². The van der Waals surface area contributed by atoms with Crippen molar-refractivity contribution in [1.82, 2.24) is 14.5 Å². The van der Waals surface area contributed by atoms with Gasteiger partial charge in [-0.25, -0.2) is 9.37 Å². The van der Waals surface area contributed by atoms with Gasteiger partial charge in [-0.05, 0) is 53.2 Å². The molecule has 0 amide bonds. The third-order valence-corrected chi connectivity index (χ3v) is 6.02. The van der Waals surface area contributed by atoms with Gasteiger partial charge in [-0.15, -0.1) is 0 Å². The summed E-state index contributed by atoms with van der Waals surface area (Å²) in [7, 11) is 3.87. The molecule has 6 nitrogen and oxygen atoms in total. The van der Waals surface area contributed by atoms with E-state index in [1.165, 1.54) is 18.3 Å². The smallest absolute Gasteiger partial charge is 0.153 e. The zero-order valence-electron chi connectivity index (χ0n) is 16.9. The number of hydrogen-bond acceptors (Lipinski definition) is 5. The first kappa shape index (κ1) is 21.1. The Bertz CT molecular complexity index is 1360. The highest BCUT2D eigenvalue weighted by Crippen LogP contribution is 2.38. The minimum absolute atomic E-state index is 0.00546. The largest absolute Gasteiger partial charge is 0.354 e. The molecule has 31 heavy (non-hydrogen) atoms. The van der Waals surface area contributed by atoms with Gasteiger partial charge in [-0.3, -0.25) is 4.98 Å². The third-order valence-electron chi connectivity index (χ3n) is 5.13. The van der Waals surface area contributed by atoms with Gasteiger partial charge in [0, 0.05) is 41.5 Å². The van der Waals surface area contributed by atoms with E-state index in [9.17, 15) is 9.65 Å². The van der Waals surface area contributed by atoms with Crippen LogP contribution in [0.5, 0.6) is 0 Å². The fraction of sp³-hybridized carbons (Fsp3) is 0.136. The van der Waals surface area contributed by atoms with Gasteiger partial charge in [0.05, 0.1) is 33.8 Å². The van der Waals surface area contributed by atoms with Crippen molar-refractivity contribution in [2.45, 2.75) is 6.92 Å². The van der Waals surface area contributed by atoms with Gasteiger partial charge in [0.2, 0.25) is 0 Å². The third kappa shape index (κ3) is 3.82. The zero-order valence-corrected chi connectivity index (χ0v) is 19.3. The van der Waals surface area contributed by atoms with Crippen LogP contribution in [0.2, 0.25) is 5.02 Å². The molecule has 0 aliphatic rings. The lowest BCUT2D eigenvalue weighted by Gasteiger charge is -2.20. The zero-order chi connectivity index (χ0) is 22.3. The van der Waals surface area contributed by atoms with Crippen LogP contribution >= 0.6 is 27.5 Å². The van der Waals surface area contributed by atoms with Gasteiger partial charge >= 0.3 is 0 Å². The first-order valence-electron chi connectivity index (χ1n) is 9.26. The van der Waals surface area contributed by atoms with E-state index in [0.29, 0.717) is 22.5 Å². The van der Waals surface area contributed by atoms with Crippen LogP contribution in [0.1, 0.15) is 11.3 Å². The number of nitrogens with zero attached hydrogens (tertiary/aromatic N) is 5. The second-order valence-corrected chi connectivity index (χ2v) is 8.32. The van der Waals surface area contributed by atoms with Crippen molar-refractivity contribution < 1.29 is 4.39 Å². The molecule has 0 radical (unpaired) electrons. The number of imidazole rings is 1. The highest BCUT2D eigenvalue weighted by Gasteiger charge is 2.17. The van der Waals surface area contributed by atoms with Gasteiger partial charge in [-0.2, -0.15) is 5.26 Å². The molecule has 0 aliphatic carbocycles. The number of nitriles is 1. The van der Waals surface area contributed by atoms with E-state index in [0.717, 1.165) is 27.1 Å². The highest BCUT2D eigenvalue weighted by atomic mass is 79.9. The van der Waals surface area contributed by atoms with Crippen molar-refractivity contribution in [2.24, 2.45) is 7.05 Å². The Labute approximate surface area is 192 Å². The number of aryl methyl sites for hydroxylation is 1. The second-order valence-electron chi connectivity index (χ2n) is 7.06. The molecule has 1 N–H and O–H groups in total. The normalized spacial score (nSPS) is 10.9. The Morgan fingerprint density at radius 2 is 2.03 bits per heavy atom. The number of hydrogen-bond donors (Lipinski definition) is 1. The number of nitrogens with one attached hydrogen (secondary N) is 1. The summed E-state index contributed by atoms with van der Waals surface area (Å²) < 4.78 is 16.3. The quantitative estimate of drug-likeness (QED) is 0.361. The van der Waals surface area contributed by atoms with Gasteiger partial charge in [0.1, 0.15) is 11.9 Å². The van der Waals surface area contributed by atoms with Gasteiger partial charge < -0.3 is 14.8 Å². The molecule has 156 valence electrons. The first-order chi connectivity index (χ1) is 14.8. The van der Waals surface area contributed by atoms with E-state index in [4.69, 9.17) is 11.6 Å². The molecule has 4 rings (SSSR count). The van der Waals surface area contributed by atoms with Crippen molar-refractivity contribution >= 4 is 61.3 Å². The Morgan fingerprint density at radius 3 is 2.68 bits per heavy atom. The Morgan fingerprint density at radius 1 is 1.26 bits per heavy atom. The van der Waals surface area contributed by atoms with Crippen LogP contribution in [0.3, 0.4) is 0 Å². The van der Waals surface area contributed by atoms with E-state index in [1.54, 1.807) is 12.4 Å². The second kappa shape index (κ2) is 8.17. The summed E-state index contributed by atoms with van der Waals surface area (Å²) in [6.45, 7) is 2.00. The average Bonchev–Trinajstić information content (AvgIpc) is 3.09. The number of rotatable bonds is 4. The number of anilines is 4. The van der Waals surface area contributed by atoms with Crippen LogP contribution in [0.25, 0.3) is 10.9 Å². The number of benzene rings is 2. The van der Waals surface area contributed by atoms with E-state index in [-0.39, 0.29) is 5.02 Å². The molecule has 0 atom stereocenters. The number of aromatic nitrogens is 3. The minimum atomic E-state index is -0.510. The Hall–Kier alpha value is -3.15. The minimum Gasteiger partial charge on any atom is -0.354 e. The van der Waals surface area contributed by atoms with E-state index in [2.05, 4.69) is 37.3 Å². The fourth-order valence-corrected chi connectivity index (χ4v) is 4.04. The number of pyridine rings is 1. The van der Waals surface area contributed by atoms with Gasteiger partial charge in [-0.1, -0.05) is 11.6 Å². The van der Waals surface area contributed by atoms with Crippen molar-refractivity contribution in [3.8, 4) is 6.07 Å². The summed E-state index contributed by atoms with van der Waals surface area (Å²) in [5.74, 6) is 0.308. The average molecular weight is 500 g/mol. The summed E-state index contributed by atoms with van der Waals surface area (Å²) in [4.78, 5) is 10.9. The summed E-state index contributed by atoms with van der Waals surface area (Å²) in [6, 6.07) is 10.4. The maximum Gasteiger partial charge on any atom is 0.153 e. The highest BCUT2D eigenvalue weighted by molar-refractivity contribution is 9.10. The molecule has 0 saturated heterocycles. The van der Waals surface area contributed by atoms with Crippen molar-refractivity contribution in [1.29, 1.82) is 5.26 Å². The molecule has 0 fully saturated rings. The van der Waals surface area contributed by atoms with Crippen molar-refractivity contribution in [3.63, 3.8) is 0 Å². The van der Waals surface area contributed by atoms with Crippen LogP contribution < -0.4 is 10.2 Å². The van der Waals surface area contributed by atoms with E-state index < -0.39 is 5.82 Å². The molecular weight excluding hydrogens is 483 g/mol. The van der Waals surface area contributed by atoms with Crippen molar-refractivity contribution in [2.75, 3.05) is 17.3 Å². The molecule has 0 aliphatic heterocycles. The summed E-state index contributed by atoms with van der Waals surface area (Å²) >= 11 is 9.54. The van der Waals surface area contributed by atoms with E-state index >= 15 is 0 Å². The molecule has 0 unspecified atom stereocenters. The lowest BCUT2D eigenvalue weighted by Crippen LogP contribution is -2.12. The number of fused-ring (bicyclic) bond motifs is 1. The summed E-state index contributed by atoms with van der Waals surface area (Å²) in [6.07, 6.45) is 3.27. The Balaban J connectivity index is 1.89. The fourth-order valence-electron chi connectivity index (χ4n) is 3.31. The molecule has 0 bridgehead atoms. The van der Waals surface area contributed by atoms with Gasteiger partial charge in [0.25, 0.3) is 0 Å². The van der Waals surface area contributed by atoms with Crippen LogP contribution in [0.15, 0.2) is 47.3 Å². The SMILES string of the molecule is Cc1c(N(C)c2cc(Br)c3ncc(C#N)c(Nc4ccc(F)c(Cl)c4)c3c2)ncn1C. The van der Waals surface area contributed by atoms with Crippen LogP contribution in [0.4, 0.5) is 27.3 Å². The lowest BCUT2D eigenvalue weighted by atomic mass is 10.1. The summed E-state index contributed by atoms with van der Waals surface area (Å²) in [5.41, 5.74) is 4.04. The molecular formula is C22H17BrClFN6. The predicted molar refractivity (Wildman–Crippen MR) is 125 cm³/mol. The van der Waals surface area contributed by atoms with E-state index in [1.807, 2.05) is 42.6 Å². The van der Waals surface area contributed by atoms with Crippen LogP contribution in [-0.2, 0) is 7.05 Å². The monoisotopic (exact) mass is 498 g/mol. The molecule has 2 aromatic heterocycles. The molecule has 2 aromatic carbocycles. The topological polar surface area (TPSA) is 69.8 Å². The summed E-state index contributed by atoms with van der Waals surface area (Å²) in [5, 5.41) is 13.6. The van der Waals surface area contributed by atoms with Crippen LogP contribution in [-0.4, -0.2) is 21.6 Å². The Kier molecular flexibility index (Phi) is 5.56. The predicted octanol–water partition coefficient (Wildman–Crippen LogP) is 6.21. The van der Waals surface area contributed by atoms with Crippen molar-refractivity contribution in [3.05, 3.63) is 69.4 Å². The molecule has 9 heteroatoms. The lowest BCUT2D eigenvalue weighted by molar-refractivity contribution is 0.628.